The normalized spacial score (nSPS) is 15.0. The van der Waals surface area contributed by atoms with Gasteiger partial charge in [-0.2, -0.15) is 0 Å². The van der Waals surface area contributed by atoms with E-state index in [0.717, 1.165) is 38.8 Å². The number of pyridine rings is 1. The van der Waals surface area contributed by atoms with Crippen molar-refractivity contribution in [3.63, 3.8) is 0 Å². The van der Waals surface area contributed by atoms with Gasteiger partial charge in [-0.25, -0.2) is 0 Å². The van der Waals surface area contributed by atoms with Gasteiger partial charge in [0.05, 0.1) is 5.69 Å². The smallest absolute Gasteiger partial charge is 0.143 e. The molecule has 0 unspecified atom stereocenters. The Labute approximate surface area is 182 Å². The number of aromatic nitrogens is 1. The summed E-state index contributed by atoms with van der Waals surface area (Å²) in [5.74, 6) is 0.680. The van der Waals surface area contributed by atoms with Crippen LogP contribution in [0.15, 0.2) is 89.5 Å². The van der Waals surface area contributed by atoms with Gasteiger partial charge in [0, 0.05) is 28.1 Å². The molecule has 0 aliphatic heterocycles. The van der Waals surface area contributed by atoms with Gasteiger partial charge in [0.1, 0.15) is 11.2 Å². The first-order chi connectivity index (χ1) is 15.4. The summed E-state index contributed by atoms with van der Waals surface area (Å²) in [7, 11) is 0. The molecule has 0 N–H and O–H groups in total. The van der Waals surface area contributed by atoms with Crippen LogP contribution in [0.4, 0.5) is 0 Å². The molecule has 2 heterocycles. The van der Waals surface area contributed by atoms with Crippen LogP contribution in [0, 0.1) is 0 Å². The second-order valence-corrected chi connectivity index (χ2v) is 8.67. The van der Waals surface area contributed by atoms with E-state index in [2.05, 4.69) is 77.8 Å². The molecule has 0 saturated heterocycles. The molecule has 2 aromatic heterocycles. The molecule has 31 heavy (non-hydrogen) atoms. The second-order valence-electron chi connectivity index (χ2n) is 8.67. The lowest BCUT2D eigenvalue weighted by Gasteiger charge is -2.22. The summed E-state index contributed by atoms with van der Waals surface area (Å²) >= 11 is 0. The number of rotatable bonds is 3. The van der Waals surface area contributed by atoms with Crippen LogP contribution in [0.3, 0.4) is 0 Å². The highest BCUT2D eigenvalue weighted by Crippen LogP contribution is 2.38. The van der Waals surface area contributed by atoms with Crippen LogP contribution in [0.1, 0.15) is 43.6 Å². The van der Waals surface area contributed by atoms with Gasteiger partial charge in [0.15, 0.2) is 0 Å². The molecule has 0 atom stereocenters. The van der Waals surface area contributed by atoms with Gasteiger partial charge in [-0.3, -0.25) is 4.98 Å². The van der Waals surface area contributed by atoms with Crippen LogP contribution < -0.4 is 0 Å². The number of para-hydroxylation sites is 1. The molecule has 3 aromatic carbocycles. The Morgan fingerprint density at radius 2 is 1.58 bits per heavy atom. The minimum atomic E-state index is 0.680. The maximum absolute atomic E-state index is 6.42. The molecule has 0 radical (unpaired) electrons. The van der Waals surface area contributed by atoms with Crippen LogP contribution in [-0.2, 0) is 0 Å². The van der Waals surface area contributed by atoms with Crippen molar-refractivity contribution in [3.8, 4) is 22.4 Å². The van der Waals surface area contributed by atoms with Crippen molar-refractivity contribution in [2.45, 2.75) is 38.0 Å². The Hall–Kier alpha value is -3.39. The second kappa shape index (κ2) is 7.70. The van der Waals surface area contributed by atoms with Crippen molar-refractivity contribution in [1.82, 2.24) is 4.98 Å². The fourth-order valence-electron chi connectivity index (χ4n) is 5.10. The lowest BCUT2D eigenvalue weighted by molar-refractivity contribution is 0.443. The number of fused-ring (bicyclic) bond motifs is 3. The van der Waals surface area contributed by atoms with Crippen molar-refractivity contribution in [1.29, 1.82) is 0 Å². The van der Waals surface area contributed by atoms with E-state index in [4.69, 9.17) is 4.42 Å². The van der Waals surface area contributed by atoms with E-state index in [1.54, 1.807) is 0 Å². The highest BCUT2D eigenvalue weighted by molar-refractivity contribution is 6.10. The Morgan fingerprint density at radius 1 is 0.710 bits per heavy atom. The Kier molecular flexibility index (Phi) is 4.57. The average molecular weight is 404 g/mol. The first kappa shape index (κ1) is 18.4. The highest BCUT2D eigenvalue weighted by atomic mass is 16.3. The molecule has 2 heteroatoms. The molecule has 152 valence electrons. The van der Waals surface area contributed by atoms with Crippen molar-refractivity contribution < 1.29 is 4.42 Å². The zero-order valence-electron chi connectivity index (χ0n) is 17.6. The predicted octanol–water partition coefficient (Wildman–Crippen LogP) is 8.36. The number of hydrogen-bond acceptors (Lipinski definition) is 2. The monoisotopic (exact) mass is 403 g/mol. The molecule has 1 fully saturated rings. The van der Waals surface area contributed by atoms with Crippen LogP contribution in [0.2, 0.25) is 0 Å². The molecular weight excluding hydrogens is 378 g/mol. The molecule has 0 spiro atoms. The molecule has 2 nitrogen and oxygen atoms in total. The predicted molar refractivity (Wildman–Crippen MR) is 128 cm³/mol. The van der Waals surface area contributed by atoms with Gasteiger partial charge in [-0.05, 0) is 54.2 Å². The van der Waals surface area contributed by atoms with Gasteiger partial charge in [-0.1, -0.05) is 73.9 Å². The van der Waals surface area contributed by atoms with Crippen LogP contribution >= 0.6 is 0 Å². The van der Waals surface area contributed by atoms with Gasteiger partial charge in [0.25, 0.3) is 0 Å². The van der Waals surface area contributed by atoms with E-state index in [-0.39, 0.29) is 0 Å². The molecule has 0 amide bonds. The van der Waals surface area contributed by atoms with E-state index in [0.29, 0.717) is 5.92 Å². The lowest BCUT2D eigenvalue weighted by atomic mass is 9.84. The maximum atomic E-state index is 6.42. The molecule has 6 rings (SSSR count). The van der Waals surface area contributed by atoms with Crippen LogP contribution in [-0.4, -0.2) is 4.98 Å². The van der Waals surface area contributed by atoms with E-state index in [1.165, 1.54) is 43.2 Å². The van der Waals surface area contributed by atoms with Crippen molar-refractivity contribution in [3.05, 3.63) is 90.6 Å². The molecule has 1 aliphatic rings. The third kappa shape index (κ3) is 3.33. The summed E-state index contributed by atoms with van der Waals surface area (Å²) in [5, 5.41) is 2.31. The number of hydrogen-bond donors (Lipinski definition) is 0. The number of benzene rings is 3. The summed E-state index contributed by atoms with van der Waals surface area (Å²) in [4.78, 5) is 4.69. The summed E-state index contributed by atoms with van der Waals surface area (Å²) in [6.07, 6.45) is 8.63. The van der Waals surface area contributed by atoms with Crippen molar-refractivity contribution in [2.24, 2.45) is 0 Å². The molecular formula is C29H25NO. The fourth-order valence-corrected chi connectivity index (χ4v) is 5.10. The van der Waals surface area contributed by atoms with Crippen LogP contribution in [0.5, 0.6) is 0 Å². The quantitative estimate of drug-likeness (QED) is 0.302. The minimum absolute atomic E-state index is 0.680. The van der Waals surface area contributed by atoms with Gasteiger partial charge >= 0.3 is 0 Å². The van der Waals surface area contributed by atoms with Gasteiger partial charge < -0.3 is 4.42 Å². The first-order valence-corrected chi connectivity index (χ1v) is 11.3. The Bertz CT molecular complexity index is 1360. The number of furan rings is 1. The van der Waals surface area contributed by atoms with E-state index >= 15 is 0 Å². The zero-order valence-corrected chi connectivity index (χ0v) is 17.6. The third-order valence-corrected chi connectivity index (χ3v) is 6.74. The minimum Gasteiger partial charge on any atom is -0.455 e. The standard InChI is InChI=1S/C29H25NO/c1-3-8-20(9-4-1)22-16-17-30-27(18-22)23-14-15-25-26-13-7-12-24(21-10-5-2-6-11-21)29(26)31-28(25)19-23/h2,5-7,10-20H,1,3-4,8-9H2. The summed E-state index contributed by atoms with van der Waals surface area (Å²) in [6, 6.07) is 27.8. The third-order valence-electron chi connectivity index (χ3n) is 6.74. The summed E-state index contributed by atoms with van der Waals surface area (Å²) in [6.45, 7) is 0. The van der Waals surface area contributed by atoms with Crippen molar-refractivity contribution >= 4 is 21.9 Å². The van der Waals surface area contributed by atoms with E-state index in [1.807, 2.05) is 12.3 Å². The van der Waals surface area contributed by atoms with Crippen LogP contribution in [0.25, 0.3) is 44.3 Å². The number of nitrogens with zero attached hydrogens (tertiary/aromatic N) is 1. The Morgan fingerprint density at radius 3 is 2.45 bits per heavy atom. The zero-order chi connectivity index (χ0) is 20.6. The topological polar surface area (TPSA) is 26.0 Å². The summed E-state index contributed by atoms with van der Waals surface area (Å²) in [5.41, 5.74) is 7.76. The molecule has 1 saturated carbocycles. The van der Waals surface area contributed by atoms with Gasteiger partial charge in [0.2, 0.25) is 0 Å². The SMILES string of the molecule is c1ccc(-c2cccc3c2oc2cc(-c4cc(C5CCCCC5)ccn4)ccc23)cc1. The molecule has 0 bridgehead atoms. The molecule has 1 aliphatic carbocycles. The van der Waals surface area contributed by atoms with Gasteiger partial charge in [-0.15, -0.1) is 0 Å². The first-order valence-electron chi connectivity index (χ1n) is 11.3. The fraction of sp³-hybridized carbons (Fsp3) is 0.207. The summed E-state index contributed by atoms with van der Waals surface area (Å²) < 4.78 is 6.42. The average Bonchev–Trinajstić information content (AvgIpc) is 3.23. The maximum Gasteiger partial charge on any atom is 0.143 e. The van der Waals surface area contributed by atoms with Crippen molar-refractivity contribution in [2.75, 3.05) is 0 Å². The largest absolute Gasteiger partial charge is 0.455 e. The molecule has 5 aromatic rings. The lowest BCUT2D eigenvalue weighted by Crippen LogP contribution is -2.04. The van der Waals surface area contributed by atoms with E-state index in [9.17, 15) is 0 Å². The Balaban J connectivity index is 1.44. The van der Waals surface area contributed by atoms with E-state index < -0.39 is 0 Å². The highest BCUT2D eigenvalue weighted by Gasteiger charge is 2.17.